The topological polar surface area (TPSA) is 84.7 Å². The largest absolute Gasteiger partial charge is 0.385 e. The molecule has 0 spiro atoms. The first-order chi connectivity index (χ1) is 16.4. The smallest absolute Gasteiger partial charge is 0.240 e. The number of nitrogens with zero attached hydrogens (tertiary/aromatic N) is 4. The van der Waals surface area contributed by atoms with Crippen molar-refractivity contribution >= 4 is 29.3 Å². The van der Waals surface area contributed by atoms with Gasteiger partial charge in [-0.3, -0.25) is 19.3 Å². The normalized spacial score (nSPS) is 23.1. The second kappa shape index (κ2) is 10.3. The van der Waals surface area contributed by atoms with Gasteiger partial charge in [0.1, 0.15) is 5.82 Å². The van der Waals surface area contributed by atoms with Crippen LogP contribution in [0.25, 0.3) is 0 Å². The molecular formula is C25H31ClN4O4. The molecule has 0 radical (unpaired) electrons. The van der Waals surface area contributed by atoms with E-state index in [1.54, 1.807) is 37.6 Å². The van der Waals surface area contributed by atoms with Gasteiger partial charge in [-0.05, 0) is 37.3 Å². The van der Waals surface area contributed by atoms with Crippen molar-refractivity contribution in [2.75, 3.05) is 26.8 Å². The molecule has 0 aliphatic carbocycles. The van der Waals surface area contributed by atoms with E-state index in [2.05, 4.69) is 4.98 Å². The van der Waals surface area contributed by atoms with Gasteiger partial charge in [0.2, 0.25) is 17.7 Å². The van der Waals surface area contributed by atoms with Crippen molar-refractivity contribution in [1.82, 2.24) is 19.4 Å². The molecule has 4 rings (SSSR count). The molecule has 2 fully saturated rings. The Kier molecular flexibility index (Phi) is 7.38. The lowest BCUT2D eigenvalue weighted by Crippen LogP contribution is -2.46. The van der Waals surface area contributed by atoms with E-state index in [0.717, 1.165) is 25.1 Å². The number of carbonyl (C=O) groups is 3. The molecule has 34 heavy (non-hydrogen) atoms. The molecule has 3 amide bonds. The highest BCUT2D eigenvalue weighted by atomic mass is 35.5. The number of hydrogen-bond acceptors (Lipinski definition) is 5. The monoisotopic (exact) mass is 486 g/mol. The lowest BCUT2D eigenvalue weighted by Gasteiger charge is -2.37. The van der Waals surface area contributed by atoms with Crippen LogP contribution in [-0.4, -0.2) is 63.9 Å². The maximum absolute atomic E-state index is 13.8. The van der Waals surface area contributed by atoms with Crippen LogP contribution in [0.1, 0.15) is 56.0 Å². The number of rotatable bonds is 8. The SMILES string of the molecule is COCCCN1C(=O)C[C@](CC(=O)N2CCCC[C@H]2c2nccn2C)(c2ccccc2Cl)C1=O. The zero-order chi connectivity index (χ0) is 24.3. The number of imidazole rings is 1. The Morgan fingerprint density at radius 2 is 2.06 bits per heavy atom. The van der Waals surface area contributed by atoms with Gasteiger partial charge in [-0.15, -0.1) is 0 Å². The maximum atomic E-state index is 13.8. The third kappa shape index (κ3) is 4.49. The molecule has 0 N–H and O–H groups in total. The van der Waals surface area contributed by atoms with E-state index in [4.69, 9.17) is 16.3 Å². The van der Waals surface area contributed by atoms with Crippen LogP contribution < -0.4 is 0 Å². The molecule has 3 heterocycles. The maximum Gasteiger partial charge on any atom is 0.240 e. The summed E-state index contributed by atoms with van der Waals surface area (Å²) < 4.78 is 7.02. The fourth-order valence-corrected chi connectivity index (χ4v) is 5.56. The zero-order valence-corrected chi connectivity index (χ0v) is 20.5. The molecule has 2 atom stereocenters. The van der Waals surface area contributed by atoms with Gasteiger partial charge in [-0.1, -0.05) is 29.8 Å². The fraction of sp³-hybridized carbons (Fsp3) is 0.520. The Balaban J connectivity index is 1.67. The van der Waals surface area contributed by atoms with Crippen LogP contribution in [0.3, 0.4) is 0 Å². The summed E-state index contributed by atoms with van der Waals surface area (Å²) in [6.45, 7) is 1.29. The Labute approximate surface area is 204 Å². The molecule has 2 aliphatic heterocycles. The van der Waals surface area contributed by atoms with Crippen LogP contribution in [0.15, 0.2) is 36.7 Å². The third-order valence-electron chi connectivity index (χ3n) is 6.96. The molecule has 2 saturated heterocycles. The number of ether oxygens (including phenoxy) is 1. The van der Waals surface area contributed by atoms with Gasteiger partial charge < -0.3 is 14.2 Å². The van der Waals surface area contributed by atoms with Gasteiger partial charge in [0.25, 0.3) is 0 Å². The first kappa shape index (κ1) is 24.4. The molecule has 2 aromatic rings. The number of imide groups is 1. The number of methoxy groups -OCH3 is 1. The summed E-state index contributed by atoms with van der Waals surface area (Å²) in [6.07, 6.45) is 6.66. The number of amides is 3. The lowest BCUT2D eigenvalue weighted by molar-refractivity contribution is -0.144. The first-order valence-corrected chi connectivity index (χ1v) is 12.1. The summed E-state index contributed by atoms with van der Waals surface area (Å²) >= 11 is 6.54. The summed E-state index contributed by atoms with van der Waals surface area (Å²) in [7, 11) is 3.50. The first-order valence-electron chi connectivity index (χ1n) is 11.7. The van der Waals surface area contributed by atoms with Crippen molar-refractivity contribution < 1.29 is 19.1 Å². The number of benzene rings is 1. The Morgan fingerprint density at radius 1 is 1.26 bits per heavy atom. The van der Waals surface area contributed by atoms with Crippen LogP contribution in [0.2, 0.25) is 5.02 Å². The van der Waals surface area contributed by atoms with Crippen molar-refractivity contribution in [2.24, 2.45) is 7.05 Å². The van der Waals surface area contributed by atoms with Crippen LogP contribution in [0, 0.1) is 0 Å². The average Bonchev–Trinajstić information content (AvgIpc) is 3.36. The quantitative estimate of drug-likeness (QED) is 0.422. The van der Waals surface area contributed by atoms with Crippen LogP contribution in [0.5, 0.6) is 0 Å². The van der Waals surface area contributed by atoms with Gasteiger partial charge in [0.05, 0.1) is 11.5 Å². The van der Waals surface area contributed by atoms with Crippen molar-refractivity contribution in [2.45, 2.75) is 50.0 Å². The van der Waals surface area contributed by atoms with Gasteiger partial charge in [0, 0.05) is 64.1 Å². The zero-order valence-electron chi connectivity index (χ0n) is 19.7. The molecule has 1 aromatic carbocycles. The molecular weight excluding hydrogens is 456 g/mol. The molecule has 9 heteroatoms. The minimum absolute atomic E-state index is 0.0742. The predicted molar refractivity (Wildman–Crippen MR) is 127 cm³/mol. The minimum Gasteiger partial charge on any atom is -0.385 e. The van der Waals surface area contributed by atoms with E-state index in [-0.39, 0.29) is 43.1 Å². The Bertz CT molecular complexity index is 1070. The van der Waals surface area contributed by atoms with Gasteiger partial charge in [-0.25, -0.2) is 4.98 Å². The van der Waals surface area contributed by atoms with E-state index < -0.39 is 5.41 Å². The van der Waals surface area contributed by atoms with E-state index in [1.807, 2.05) is 22.7 Å². The van der Waals surface area contributed by atoms with Crippen molar-refractivity contribution in [3.8, 4) is 0 Å². The Hall–Kier alpha value is -2.71. The number of likely N-dealkylation sites (tertiary alicyclic amines) is 2. The summed E-state index contributed by atoms with van der Waals surface area (Å²) in [5.74, 6) is 0.0242. The second-order valence-corrected chi connectivity index (χ2v) is 9.51. The lowest BCUT2D eigenvalue weighted by atomic mass is 9.75. The number of piperidine rings is 1. The summed E-state index contributed by atoms with van der Waals surface area (Å²) in [5.41, 5.74) is -0.786. The van der Waals surface area contributed by atoms with Crippen molar-refractivity contribution in [3.63, 3.8) is 0 Å². The molecule has 0 bridgehead atoms. The van der Waals surface area contributed by atoms with E-state index in [9.17, 15) is 14.4 Å². The van der Waals surface area contributed by atoms with E-state index in [1.165, 1.54) is 4.90 Å². The second-order valence-electron chi connectivity index (χ2n) is 9.11. The molecule has 182 valence electrons. The van der Waals surface area contributed by atoms with Crippen LogP contribution in [0.4, 0.5) is 0 Å². The average molecular weight is 487 g/mol. The molecule has 0 unspecified atom stereocenters. The highest BCUT2D eigenvalue weighted by Gasteiger charge is 2.55. The highest BCUT2D eigenvalue weighted by molar-refractivity contribution is 6.32. The van der Waals surface area contributed by atoms with Gasteiger partial charge in [0.15, 0.2) is 0 Å². The molecule has 0 saturated carbocycles. The molecule has 8 nitrogen and oxygen atoms in total. The van der Waals surface area contributed by atoms with Gasteiger partial charge in [-0.2, -0.15) is 0 Å². The minimum atomic E-state index is -1.32. The van der Waals surface area contributed by atoms with Crippen molar-refractivity contribution in [3.05, 3.63) is 53.1 Å². The number of halogens is 1. The molecule has 2 aliphatic rings. The number of carbonyl (C=O) groups excluding carboxylic acids is 3. The van der Waals surface area contributed by atoms with Crippen molar-refractivity contribution in [1.29, 1.82) is 0 Å². The third-order valence-corrected chi connectivity index (χ3v) is 7.29. The summed E-state index contributed by atoms with van der Waals surface area (Å²) in [4.78, 5) is 48.2. The van der Waals surface area contributed by atoms with Crippen LogP contribution in [-0.2, 0) is 31.6 Å². The number of hydrogen-bond donors (Lipinski definition) is 0. The summed E-state index contributed by atoms with van der Waals surface area (Å²) in [6, 6.07) is 6.86. The van der Waals surface area contributed by atoms with E-state index in [0.29, 0.717) is 30.2 Å². The number of aromatic nitrogens is 2. The highest BCUT2D eigenvalue weighted by Crippen LogP contribution is 2.44. The van der Waals surface area contributed by atoms with E-state index >= 15 is 0 Å². The van der Waals surface area contributed by atoms with Crippen LogP contribution >= 0.6 is 11.6 Å². The fourth-order valence-electron chi connectivity index (χ4n) is 5.24. The standard InChI is InChI=1S/C25H31ClN4O4/c1-28-14-11-27-23(28)20-10-5-6-12-29(20)21(31)16-25(18-8-3-4-9-19(18)26)17-22(32)30(24(25)33)13-7-15-34-2/h3-4,8-9,11,14,20H,5-7,10,12-13,15-17H2,1-2H3/t20-,25+/m0/s1. The Morgan fingerprint density at radius 3 is 2.76 bits per heavy atom. The predicted octanol–water partition coefficient (Wildman–Crippen LogP) is 3.25. The van der Waals surface area contributed by atoms with Gasteiger partial charge >= 0.3 is 0 Å². The molecule has 1 aromatic heterocycles. The summed E-state index contributed by atoms with van der Waals surface area (Å²) in [5, 5.41) is 0.384. The number of aryl methyl sites for hydroxylation is 1.